The molecule has 166 valence electrons. The van der Waals surface area contributed by atoms with Gasteiger partial charge in [0.15, 0.2) is 11.5 Å². The quantitative estimate of drug-likeness (QED) is 0.332. The summed E-state index contributed by atoms with van der Waals surface area (Å²) in [7, 11) is 0. The van der Waals surface area contributed by atoms with Gasteiger partial charge in [0, 0.05) is 23.1 Å². The number of nitrogens with one attached hydrogen (secondary N) is 1. The van der Waals surface area contributed by atoms with E-state index in [1.165, 1.54) is 12.4 Å². The van der Waals surface area contributed by atoms with Gasteiger partial charge in [-0.15, -0.1) is 0 Å². The number of fused-ring (bicyclic) bond motifs is 1. The second-order valence-corrected chi connectivity index (χ2v) is 7.38. The Morgan fingerprint density at radius 3 is 2.73 bits per heavy atom. The summed E-state index contributed by atoms with van der Waals surface area (Å²) in [6.07, 6.45) is 5.40. The van der Waals surface area contributed by atoms with Crippen LogP contribution >= 0.6 is 0 Å². The van der Waals surface area contributed by atoms with E-state index < -0.39 is 6.10 Å². The maximum Gasteiger partial charge on any atom is 0.163 e. The van der Waals surface area contributed by atoms with Crippen molar-refractivity contribution in [1.29, 1.82) is 5.26 Å². The zero-order valence-electron chi connectivity index (χ0n) is 18.1. The lowest BCUT2D eigenvalue weighted by Gasteiger charge is -2.14. The second kappa shape index (κ2) is 8.86. The fourth-order valence-electron chi connectivity index (χ4n) is 3.50. The first-order valence-electron chi connectivity index (χ1n) is 10.2. The Hall–Kier alpha value is -4.62. The van der Waals surface area contributed by atoms with Gasteiger partial charge in [0.25, 0.3) is 0 Å². The number of nitriles is 1. The normalized spacial score (nSPS) is 12.8. The summed E-state index contributed by atoms with van der Waals surface area (Å²) in [6.45, 7) is 3.49. The van der Waals surface area contributed by atoms with Crippen LogP contribution in [0.3, 0.4) is 0 Å². The predicted molar refractivity (Wildman–Crippen MR) is 125 cm³/mol. The molecule has 3 aromatic heterocycles. The smallest absolute Gasteiger partial charge is 0.163 e. The third-order valence-corrected chi connectivity index (χ3v) is 5.08. The summed E-state index contributed by atoms with van der Waals surface area (Å²) in [5.41, 5.74) is 15.7. The van der Waals surface area contributed by atoms with Gasteiger partial charge in [0.2, 0.25) is 0 Å². The number of nitrogens with zero attached hydrogens (tertiary/aromatic N) is 6. The van der Waals surface area contributed by atoms with Crippen LogP contribution in [0, 0.1) is 18.3 Å². The molecule has 10 nitrogen and oxygen atoms in total. The van der Waals surface area contributed by atoms with Crippen LogP contribution in [0.5, 0.6) is 0 Å². The van der Waals surface area contributed by atoms with Crippen LogP contribution in [0.1, 0.15) is 30.0 Å². The van der Waals surface area contributed by atoms with Gasteiger partial charge in [0.1, 0.15) is 18.2 Å². The molecule has 1 aromatic carbocycles. The monoisotopic (exact) mass is 441 g/mol. The number of imidazole rings is 1. The van der Waals surface area contributed by atoms with Gasteiger partial charge in [-0.3, -0.25) is 4.57 Å². The summed E-state index contributed by atoms with van der Waals surface area (Å²) < 4.78 is 3.41. The van der Waals surface area contributed by atoms with Crippen molar-refractivity contribution in [3.63, 3.8) is 0 Å². The van der Waals surface area contributed by atoms with E-state index in [4.69, 9.17) is 16.5 Å². The van der Waals surface area contributed by atoms with Crippen molar-refractivity contribution in [2.75, 3.05) is 5.32 Å². The molecule has 3 heterocycles. The molecule has 0 spiro atoms. The van der Waals surface area contributed by atoms with Crippen LogP contribution < -0.4 is 16.8 Å². The van der Waals surface area contributed by atoms with E-state index in [2.05, 4.69) is 15.4 Å². The molecule has 0 bridgehead atoms. The third-order valence-electron chi connectivity index (χ3n) is 5.08. The van der Waals surface area contributed by atoms with Gasteiger partial charge in [-0.2, -0.15) is 10.4 Å². The number of aliphatic hydroxyl groups is 1. The lowest BCUT2D eigenvalue weighted by Crippen LogP contribution is -2.10. The molecule has 0 amide bonds. The van der Waals surface area contributed by atoms with Gasteiger partial charge >= 0.3 is 0 Å². The zero-order valence-corrected chi connectivity index (χ0v) is 18.1. The molecule has 0 aliphatic rings. The fraction of sp³-hybridized carbons (Fsp3) is 0.130. The standard InChI is InChI=1S/C23H23N9O/c1-14-9-18(12-26)30-32(14)23-19(15(2)33)4-6-22(29-23)31-13-27-20-10-16(3-5-21(20)31)28-17(11-25)7-8-24/h3-11,13,15,28,33H,24-25H2,1-2H3/b8-7-,17-11+. The van der Waals surface area contributed by atoms with Crippen LogP contribution in [0.4, 0.5) is 5.69 Å². The zero-order chi connectivity index (χ0) is 23.5. The Kier molecular flexibility index (Phi) is 5.80. The van der Waals surface area contributed by atoms with Crippen molar-refractivity contribution in [2.45, 2.75) is 20.0 Å². The van der Waals surface area contributed by atoms with Crippen molar-refractivity contribution < 1.29 is 5.11 Å². The Balaban J connectivity index is 1.78. The van der Waals surface area contributed by atoms with E-state index in [1.54, 1.807) is 36.1 Å². The largest absolute Gasteiger partial charge is 0.405 e. The first-order chi connectivity index (χ1) is 15.9. The molecule has 0 saturated heterocycles. The van der Waals surface area contributed by atoms with Crippen molar-refractivity contribution >= 4 is 16.7 Å². The molecule has 0 fully saturated rings. The molecule has 33 heavy (non-hydrogen) atoms. The highest BCUT2D eigenvalue weighted by molar-refractivity contribution is 5.81. The number of nitrogens with two attached hydrogens (primary N) is 2. The van der Waals surface area contributed by atoms with Crippen molar-refractivity contribution in [3.05, 3.63) is 83.8 Å². The van der Waals surface area contributed by atoms with Crippen LogP contribution in [0.25, 0.3) is 22.7 Å². The van der Waals surface area contributed by atoms with Gasteiger partial charge in [-0.1, -0.05) is 0 Å². The number of allylic oxidation sites excluding steroid dienone is 1. The molecule has 0 saturated carbocycles. The van der Waals surface area contributed by atoms with E-state index >= 15 is 0 Å². The second-order valence-electron chi connectivity index (χ2n) is 7.38. The van der Waals surface area contributed by atoms with Gasteiger partial charge in [0.05, 0.1) is 22.8 Å². The van der Waals surface area contributed by atoms with Gasteiger partial charge in [-0.05, 0) is 62.5 Å². The SMILES string of the molecule is Cc1cc(C#N)nn1-c1nc(-n2cnc3cc(NC(/C=C\N)=C/N)ccc32)ccc1C(C)O. The van der Waals surface area contributed by atoms with Crippen molar-refractivity contribution in [1.82, 2.24) is 24.3 Å². The van der Waals surface area contributed by atoms with E-state index in [-0.39, 0.29) is 5.69 Å². The van der Waals surface area contributed by atoms with Crippen LogP contribution in [-0.2, 0) is 0 Å². The maximum absolute atomic E-state index is 10.3. The number of benzene rings is 1. The number of pyridine rings is 1. The lowest BCUT2D eigenvalue weighted by atomic mass is 10.1. The number of aliphatic hydroxyl groups excluding tert-OH is 1. The molecule has 1 unspecified atom stereocenters. The van der Waals surface area contributed by atoms with Crippen LogP contribution in [0.2, 0.25) is 0 Å². The summed E-state index contributed by atoms with van der Waals surface area (Å²) in [5, 5.41) is 27.0. The average molecular weight is 441 g/mol. The summed E-state index contributed by atoms with van der Waals surface area (Å²) in [4.78, 5) is 9.27. The molecule has 0 aliphatic heterocycles. The first-order valence-corrected chi connectivity index (χ1v) is 10.2. The number of hydrogen-bond donors (Lipinski definition) is 4. The highest BCUT2D eigenvalue weighted by Gasteiger charge is 2.17. The summed E-state index contributed by atoms with van der Waals surface area (Å²) in [6, 6.07) is 13.0. The number of rotatable bonds is 6. The first kappa shape index (κ1) is 21.6. The molecule has 1 atom stereocenters. The highest BCUT2D eigenvalue weighted by atomic mass is 16.3. The minimum atomic E-state index is -0.767. The Morgan fingerprint density at radius 2 is 2.06 bits per heavy atom. The highest BCUT2D eigenvalue weighted by Crippen LogP contribution is 2.26. The number of anilines is 1. The molecule has 4 aromatic rings. The van der Waals surface area contributed by atoms with E-state index in [0.29, 0.717) is 22.9 Å². The predicted octanol–water partition coefficient (Wildman–Crippen LogP) is 2.52. The van der Waals surface area contributed by atoms with Crippen molar-refractivity contribution in [2.24, 2.45) is 11.5 Å². The molecule has 4 rings (SSSR count). The third kappa shape index (κ3) is 4.13. The minimum absolute atomic E-state index is 0.278. The molecule has 0 radical (unpaired) electrons. The summed E-state index contributed by atoms with van der Waals surface area (Å²) >= 11 is 0. The maximum atomic E-state index is 10.3. The van der Waals surface area contributed by atoms with Gasteiger partial charge < -0.3 is 21.9 Å². The van der Waals surface area contributed by atoms with E-state index in [9.17, 15) is 10.4 Å². The molecule has 0 aliphatic carbocycles. The fourth-order valence-corrected chi connectivity index (χ4v) is 3.50. The topological polar surface area (TPSA) is 157 Å². The number of aromatic nitrogens is 5. The Morgan fingerprint density at radius 1 is 1.24 bits per heavy atom. The van der Waals surface area contributed by atoms with Gasteiger partial charge in [-0.25, -0.2) is 14.6 Å². The molecular weight excluding hydrogens is 418 g/mol. The lowest BCUT2D eigenvalue weighted by molar-refractivity contribution is 0.198. The number of hydrogen-bond acceptors (Lipinski definition) is 8. The summed E-state index contributed by atoms with van der Waals surface area (Å²) in [5.74, 6) is 1.05. The van der Waals surface area contributed by atoms with E-state index in [1.807, 2.05) is 41.8 Å². The van der Waals surface area contributed by atoms with E-state index in [0.717, 1.165) is 22.4 Å². The minimum Gasteiger partial charge on any atom is -0.405 e. The van der Waals surface area contributed by atoms with Crippen molar-refractivity contribution in [3.8, 4) is 17.7 Å². The van der Waals surface area contributed by atoms with Crippen LogP contribution in [-0.4, -0.2) is 29.4 Å². The average Bonchev–Trinajstić information content (AvgIpc) is 3.41. The Labute approximate surface area is 190 Å². The molecular formula is C23H23N9O. The molecule has 6 N–H and O–H groups in total. The number of aryl methyl sites for hydroxylation is 1. The van der Waals surface area contributed by atoms with Crippen LogP contribution in [0.15, 0.2) is 66.9 Å². The molecule has 10 heteroatoms. The Bertz CT molecular complexity index is 1420.